The highest BCUT2D eigenvalue weighted by atomic mass is 16.6. The predicted molar refractivity (Wildman–Crippen MR) is 65.5 cm³/mol. The van der Waals surface area contributed by atoms with Gasteiger partial charge in [-0.1, -0.05) is 0 Å². The molecule has 0 radical (unpaired) electrons. The lowest BCUT2D eigenvalue weighted by Crippen LogP contribution is -2.09. The predicted octanol–water partition coefficient (Wildman–Crippen LogP) is 1.88. The number of nitrogens with zero attached hydrogens (tertiary/aromatic N) is 3. The maximum Gasteiger partial charge on any atom is 0.333 e. The number of hydrogen-bond donors (Lipinski definition) is 1. The molecule has 7 heteroatoms. The van der Waals surface area contributed by atoms with Crippen molar-refractivity contribution >= 4 is 11.5 Å². The Labute approximate surface area is 104 Å². The van der Waals surface area contributed by atoms with Gasteiger partial charge in [-0.2, -0.15) is 5.10 Å². The second-order valence-electron chi connectivity index (χ2n) is 3.92. The fourth-order valence-corrected chi connectivity index (χ4v) is 1.82. The number of nitrogens with one attached hydrogen (secondary N) is 1. The van der Waals surface area contributed by atoms with Gasteiger partial charge in [-0.15, -0.1) is 0 Å². The topological polar surface area (TPSA) is 86.1 Å². The summed E-state index contributed by atoms with van der Waals surface area (Å²) in [5.74, 6) is 1.26. The zero-order chi connectivity index (χ0) is 13.1. The molecule has 2 aromatic rings. The van der Waals surface area contributed by atoms with Gasteiger partial charge in [-0.3, -0.25) is 10.1 Å². The molecular formula is C11H14N4O3. The number of aryl methyl sites for hydroxylation is 2. The number of rotatable bonds is 5. The summed E-state index contributed by atoms with van der Waals surface area (Å²) >= 11 is 0. The number of aromatic nitrogens is 2. The summed E-state index contributed by atoms with van der Waals surface area (Å²) in [4.78, 5) is 10.5. The Morgan fingerprint density at radius 1 is 1.61 bits per heavy atom. The summed E-state index contributed by atoms with van der Waals surface area (Å²) in [6, 6.07) is 3.68. The minimum Gasteiger partial charge on any atom is -0.469 e. The summed E-state index contributed by atoms with van der Waals surface area (Å²) in [7, 11) is 1.68. The van der Waals surface area contributed by atoms with Crippen molar-refractivity contribution < 1.29 is 9.34 Å². The van der Waals surface area contributed by atoms with Gasteiger partial charge >= 0.3 is 5.69 Å². The Morgan fingerprint density at radius 2 is 2.39 bits per heavy atom. The van der Waals surface area contributed by atoms with Crippen LogP contribution in [0.15, 0.2) is 22.8 Å². The molecule has 18 heavy (non-hydrogen) atoms. The average Bonchev–Trinajstić information content (AvgIpc) is 2.87. The van der Waals surface area contributed by atoms with E-state index >= 15 is 0 Å². The fourth-order valence-electron chi connectivity index (χ4n) is 1.82. The largest absolute Gasteiger partial charge is 0.469 e. The van der Waals surface area contributed by atoms with Gasteiger partial charge in [-0.25, -0.2) is 4.68 Å². The zero-order valence-corrected chi connectivity index (χ0v) is 10.2. The van der Waals surface area contributed by atoms with Crippen LogP contribution in [0.2, 0.25) is 0 Å². The van der Waals surface area contributed by atoms with E-state index in [4.69, 9.17) is 4.42 Å². The van der Waals surface area contributed by atoms with Crippen LogP contribution < -0.4 is 5.32 Å². The lowest BCUT2D eigenvalue weighted by molar-refractivity contribution is -0.384. The maximum atomic E-state index is 10.9. The first-order valence-corrected chi connectivity index (χ1v) is 5.54. The Morgan fingerprint density at radius 3 is 3.00 bits per heavy atom. The van der Waals surface area contributed by atoms with Crippen LogP contribution in [0.25, 0.3) is 0 Å². The lowest BCUT2D eigenvalue weighted by atomic mass is 10.3. The highest BCUT2D eigenvalue weighted by molar-refractivity contribution is 5.59. The number of anilines is 1. The van der Waals surface area contributed by atoms with Crippen molar-refractivity contribution in [2.24, 2.45) is 7.05 Å². The van der Waals surface area contributed by atoms with Gasteiger partial charge < -0.3 is 9.73 Å². The molecule has 2 aromatic heterocycles. The van der Waals surface area contributed by atoms with Gasteiger partial charge in [-0.05, 0) is 19.1 Å². The van der Waals surface area contributed by atoms with Crippen LogP contribution in [0.5, 0.6) is 0 Å². The second-order valence-corrected chi connectivity index (χ2v) is 3.92. The Kier molecular flexibility index (Phi) is 3.31. The smallest absolute Gasteiger partial charge is 0.333 e. The van der Waals surface area contributed by atoms with Gasteiger partial charge in [0.15, 0.2) is 0 Å². The van der Waals surface area contributed by atoms with Crippen molar-refractivity contribution in [1.29, 1.82) is 0 Å². The molecule has 2 rings (SSSR count). The average molecular weight is 250 g/mol. The zero-order valence-electron chi connectivity index (χ0n) is 10.2. The maximum absolute atomic E-state index is 10.9. The van der Waals surface area contributed by atoms with E-state index in [1.54, 1.807) is 20.2 Å². The monoisotopic (exact) mass is 250 g/mol. The van der Waals surface area contributed by atoms with E-state index in [1.165, 1.54) is 4.68 Å². The van der Waals surface area contributed by atoms with Crippen molar-refractivity contribution in [1.82, 2.24) is 9.78 Å². The van der Waals surface area contributed by atoms with Crippen molar-refractivity contribution in [3.05, 3.63) is 40.0 Å². The van der Waals surface area contributed by atoms with E-state index in [1.807, 2.05) is 12.1 Å². The molecule has 0 amide bonds. The number of nitro groups is 1. The molecule has 0 bridgehead atoms. The molecular weight excluding hydrogens is 236 g/mol. The second kappa shape index (κ2) is 4.91. The van der Waals surface area contributed by atoms with E-state index in [0.29, 0.717) is 24.5 Å². The normalized spacial score (nSPS) is 10.6. The van der Waals surface area contributed by atoms with E-state index in [9.17, 15) is 10.1 Å². The molecule has 1 N–H and O–H groups in total. The van der Waals surface area contributed by atoms with Gasteiger partial charge in [0.25, 0.3) is 0 Å². The summed E-state index contributed by atoms with van der Waals surface area (Å²) in [6.45, 7) is 2.17. The van der Waals surface area contributed by atoms with Gasteiger partial charge in [0.1, 0.15) is 11.5 Å². The van der Waals surface area contributed by atoms with Crippen LogP contribution in [0, 0.1) is 17.0 Å². The van der Waals surface area contributed by atoms with Crippen molar-refractivity contribution in [3.8, 4) is 0 Å². The lowest BCUT2D eigenvalue weighted by Gasteiger charge is -2.04. The Balaban J connectivity index is 2.07. The van der Waals surface area contributed by atoms with Gasteiger partial charge in [0.05, 0.1) is 11.2 Å². The summed E-state index contributed by atoms with van der Waals surface area (Å²) in [6.07, 6.45) is 2.26. The molecule has 2 heterocycles. The molecule has 0 aliphatic heterocycles. The molecule has 0 aromatic carbocycles. The Bertz CT molecular complexity index is 545. The number of hydrogen-bond acceptors (Lipinski definition) is 5. The molecule has 0 atom stereocenters. The SMILES string of the molecule is Cc1nn(C)c(NCCc2ccco2)c1[N+](=O)[O-]. The molecule has 96 valence electrons. The van der Waals surface area contributed by atoms with E-state index in [0.717, 1.165) is 5.76 Å². The molecule has 0 saturated carbocycles. The highest BCUT2D eigenvalue weighted by Gasteiger charge is 2.23. The van der Waals surface area contributed by atoms with Crippen molar-refractivity contribution in [2.45, 2.75) is 13.3 Å². The van der Waals surface area contributed by atoms with Crippen LogP contribution in [0.1, 0.15) is 11.5 Å². The number of furan rings is 1. The third-order valence-electron chi connectivity index (χ3n) is 2.62. The summed E-state index contributed by atoms with van der Waals surface area (Å²) < 4.78 is 6.67. The molecule has 0 unspecified atom stereocenters. The molecule has 0 fully saturated rings. The quantitative estimate of drug-likeness (QED) is 0.646. The van der Waals surface area contributed by atoms with Crippen LogP contribution in [0.4, 0.5) is 11.5 Å². The molecule has 0 spiro atoms. The standard InChI is InChI=1S/C11H14N4O3/c1-8-10(15(16)17)11(14(2)13-8)12-6-5-9-4-3-7-18-9/h3-4,7,12H,5-6H2,1-2H3. The first-order chi connectivity index (χ1) is 8.59. The highest BCUT2D eigenvalue weighted by Crippen LogP contribution is 2.26. The summed E-state index contributed by atoms with van der Waals surface area (Å²) in [5.41, 5.74) is 0.431. The first kappa shape index (κ1) is 12.2. The van der Waals surface area contributed by atoms with Crippen molar-refractivity contribution in [2.75, 3.05) is 11.9 Å². The third-order valence-corrected chi connectivity index (χ3v) is 2.62. The minimum atomic E-state index is -0.419. The first-order valence-electron chi connectivity index (χ1n) is 5.54. The van der Waals surface area contributed by atoms with Crippen molar-refractivity contribution in [3.63, 3.8) is 0 Å². The van der Waals surface area contributed by atoms with Crippen LogP contribution in [0.3, 0.4) is 0 Å². The molecule has 0 aliphatic carbocycles. The van der Waals surface area contributed by atoms with Crippen LogP contribution >= 0.6 is 0 Å². The van der Waals surface area contributed by atoms with Gasteiger partial charge in [0, 0.05) is 20.0 Å². The van der Waals surface area contributed by atoms with E-state index < -0.39 is 4.92 Å². The Hall–Kier alpha value is -2.31. The van der Waals surface area contributed by atoms with E-state index in [-0.39, 0.29) is 5.69 Å². The molecule has 0 aliphatic rings. The fraction of sp³-hybridized carbons (Fsp3) is 0.364. The molecule has 0 saturated heterocycles. The summed E-state index contributed by atoms with van der Waals surface area (Å²) in [5, 5.41) is 18.0. The van der Waals surface area contributed by atoms with Crippen LogP contribution in [-0.4, -0.2) is 21.2 Å². The van der Waals surface area contributed by atoms with Crippen LogP contribution in [-0.2, 0) is 13.5 Å². The molecule has 7 nitrogen and oxygen atoms in total. The third kappa shape index (κ3) is 2.34. The van der Waals surface area contributed by atoms with Gasteiger partial charge in [0.2, 0.25) is 5.82 Å². The van der Waals surface area contributed by atoms with E-state index in [2.05, 4.69) is 10.4 Å². The minimum absolute atomic E-state index is 0.0249.